The van der Waals surface area contributed by atoms with Crippen LogP contribution >= 0.6 is 0 Å². The van der Waals surface area contributed by atoms with Crippen LogP contribution in [-0.2, 0) is 9.53 Å². The minimum Gasteiger partial charge on any atom is -0.469 e. The number of carbonyl (C=O) groups is 1. The quantitative estimate of drug-likeness (QED) is 0.679. The molecule has 0 saturated carbocycles. The van der Waals surface area contributed by atoms with Gasteiger partial charge in [0.05, 0.1) is 12.5 Å². The Morgan fingerprint density at radius 2 is 1.92 bits per heavy atom. The van der Waals surface area contributed by atoms with Gasteiger partial charge in [-0.3, -0.25) is 4.79 Å². The van der Waals surface area contributed by atoms with E-state index >= 15 is 0 Å². The summed E-state index contributed by atoms with van der Waals surface area (Å²) in [7, 11) is 1.40. The summed E-state index contributed by atoms with van der Waals surface area (Å²) in [6.45, 7) is 7.83. The molecule has 0 rings (SSSR count). The van der Waals surface area contributed by atoms with Crippen LogP contribution in [0.15, 0.2) is 0 Å². The smallest absolute Gasteiger partial charge is 0.312 e. The van der Waals surface area contributed by atoms with Crippen LogP contribution in [0.5, 0.6) is 0 Å². The summed E-state index contributed by atoms with van der Waals surface area (Å²) >= 11 is 0. The topological polar surface area (TPSA) is 52.3 Å². The normalized spacial score (nSPS) is 14.4. The van der Waals surface area contributed by atoms with Crippen molar-refractivity contribution in [1.82, 2.24) is 0 Å². The zero-order chi connectivity index (χ0) is 10.6. The van der Waals surface area contributed by atoms with Crippen molar-refractivity contribution in [2.24, 2.45) is 17.1 Å². The minimum atomic E-state index is -0.584. The lowest BCUT2D eigenvalue weighted by Gasteiger charge is -2.29. The van der Waals surface area contributed by atoms with Gasteiger partial charge in [-0.2, -0.15) is 0 Å². The standard InChI is InChI=1S/C10H21NO2/c1-7(2)6-8(11)10(3,4)9(12)13-5/h7-8H,6,11H2,1-5H3/t8-/m0/s1. The van der Waals surface area contributed by atoms with Crippen molar-refractivity contribution in [2.75, 3.05) is 7.11 Å². The number of methoxy groups -OCH3 is 1. The average molecular weight is 187 g/mol. The molecular formula is C10H21NO2. The van der Waals surface area contributed by atoms with Gasteiger partial charge in [-0.15, -0.1) is 0 Å². The van der Waals surface area contributed by atoms with E-state index in [-0.39, 0.29) is 12.0 Å². The highest BCUT2D eigenvalue weighted by atomic mass is 16.5. The van der Waals surface area contributed by atoms with Crippen molar-refractivity contribution >= 4 is 5.97 Å². The van der Waals surface area contributed by atoms with Gasteiger partial charge in [-0.25, -0.2) is 0 Å². The predicted octanol–water partition coefficient (Wildman–Crippen LogP) is 1.56. The van der Waals surface area contributed by atoms with E-state index in [0.717, 1.165) is 6.42 Å². The zero-order valence-electron chi connectivity index (χ0n) is 9.26. The molecule has 78 valence electrons. The highest BCUT2D eigenvalue weighted by Crippen LogP contribution is 2.25. The van der Waals surface area contributed by atoms with Gasteiger partial charge < -0.3 is 10.5 Å². The van der Waals surface area contributed by atoms with E-state index in [1.807, 2.05) is 13.8 Å². The first-order valence-corrected chi connectivity index (χ1v) is 4.66. The van der Waals surface area contributed by atoms with Gasteiger partial charge in [0.2, 0.25) is 0 Å². The third-order valence-corrected chi connectivity index (χ3v) is 2.36. The molecule has 0 heterocycles. The second-order valence-corrected chi connectivity index (χ2v) is 4.45. The molecule has 0 aliphatic heterocycles. The molecule has 0 amide bonds. The summed E-state index contributed by atoms with van der Waals surface area (Å²) in [5.41, 5.74) is 5.34. The lowest BCUT2D eigenvalue weighted by atomic mass is 9.81. The van der Waals surface area contributed by atoms with Gasteiger partial charge in [0.25, 0.3) is 0 Å². The lowest BCUT2D eigenvalue weighted by molar-refractivity contribution is -0.152. The molecule has 1 atom stereocenters. The van der Waals surface area contributed by atoms with Crippen molar-refractivity contribution < 1.29 is 9.53 Å². The van der Waals surface area contributed by atoms with Crippen LogP contribution in [0.4, 0.5) is 0 Å². The Balaban J connectivity index is 4.35. The Morgan fingerprint density at radius 3 is 2.23 bits per heavy atom. The molecule has 0 spiro atoms. The summed E-state index contributed by atoms with van der Waals surface area (Å²) in [5.74, 6) is 0.264. The maximum atomic E-state index is 11.4. The molecular weight excluding hydrogens is 166 g/mol. The Kier molecular flexibility index (Phi) is 4.40. The van der Waals surface area contributed by atoms with Crippen molar-refractivity contribution in [3.8, 4) is 0 Å². The fourth-order valence-corrected chi connectivity index (χ4v) is 1.22. The van der Waals surface area contributed by atoms with Crippen LogP contribution in [-0.4, -0.2) is 19.1 Å². The molecule has 0 fully saturated rings. The van der Waals surface area contributed by atoms with Gasteiger partial charge in [0.15, 0.2) is 0 Å². The number of rotatable bonds is 4. The summed E-state index contributed by atoms with van der Waals surface area (Å²) in [4.78, 5) is 11.4. The summed E-state index contributed by atoms with van der Waals surface area (Å²) in [6.07, 6.45) is 0.835. The summed E-state index contributed by atoms with van der Waals surface area (Å²) < 4.78 is 4.70. The zero-order valence-corrected chi connectivity index (χ0v) is 9.26. The first-order chi connectivity index (χ1) is 5.82. The Labute approximate surface area is 80.6 Å². The molecule has 0 aromatic heterocycles. The molecule has 0 aromatic rings. The van der Waals surface area contributed by atoms with E-state index in [0.29, 0.717) is 5.92 Å². The fourth-order valence-electron chi connectivity index (χ4n) is 1.22. The molecule has 3 heteroatoms. The number of hydrogen-bond acceptors (Lipinski definition) is 3. The van der Waals surface area contributed by atoms with Gasteiger partial charge in [0, 0.05) is 6.04 Å². The summed E-state index contributed by atoms with van der Waals surface area (Å²) in [5, 5.41) is 0. The van der Waals surface area contributed by atoms with Gasteiger partial charge in [-0.05, 0) is 26.2 Å². The van der Waals surface area contributed by atoms with Crippen molar-refractivity contribution in [3.63, 3.8) is 0 Å². The van der Waals surface area contributed by atoms with E-state index in [1.165, 1.54) is 7.11 Å². The molecule has 13 heavy (non-hydrogen) atoms. The fraction of sp³-hybridized carbons (Fsp3) is 0.900. The number of esters is 1. The molecule has 3 nitrogen and oxygen atoms in total. The Bertz CT molecular complexity index is 176. The van der Waals surface area contributed by atoms with E-state index in [2.05, 4.69) is 13.8 Å². The number of ether oxygens (including phenoxy) is 1. The first kappa shape index (κ1) is 12.4. The Hall–Kier alpha value is -0.570. The van der Waals surface area contributed by atoms with Crippen LogP contribution in [0.3, 0.4) is 0 Å². The third kappa shape index (κ3) is 3.35. The minimum absolute atomic E-state index is 0.139. The van der Waals surface area contributed by atoms with E-state index in [9.17, 15) is 4.79 Å². The van der Waals surface area contributed by atoms with Crippen molar-refractivity contribution in [2.45, 2.75) is 40.2 Å². The third-order valence-electron chi connectivity index (χ3n) is 2.36. The van der Waals surface area contributed by atoms with Crippen LogP contribution < -0.4 is 5.73 Å². The van der Waals surface area contributed by atoms with Gasteiger partial charge in [-0.1, -0.05) is 13.8 Å². The van der Waals surface area contributed by atoms with Gasteiger partial charge in [0.1, 0.15) is 0 Å². The molecule has 2 N–H and O–H groups in total. The second-order valence-electron chi connectivity index (χ2n) is 4.45. The molecule has 0 unspecified atom stereocenters. The molecule has 0 radical (unpaired) electrons. The molecule has 0 saturated heterocycles. The average Bonchev–Trinajstić information content (AvgIpc) is 2.01. The number of hydrogen-bond donors (Lipinski definition) is 1. The molecule has 0 bridgehead atoms. The van der Waals surface area contributed by atoms with E-state index < -0.39 is 5.41 Å². The maximum Gasteiger partial charge on any atom is 0.312 e. The summed E-state index contributed by atoms with van der Waals surface area (Å²) in [6, 6.07) is -0.139. The Morgan fingerprint density at radius 1 is 1.46 bits per heavy atom. The molecule has 0 aliphatic carbocycles. The van der Waals surface area contributed by atoms with Crippen LogP contribution in [0.2, 0.25) is 0 Å². The molecule has 0 aliphatic rings. The largest absolute Gasteiger partial charge is 0.469 e. The van der Waals surface area contributed by atoms with E-state index in [1.54, 1.807) is 0 Å². The highest BCUT2D eigenvalue weighted by Gasteiger charge is 2.35. The van der Waals surface area contributed by atoms with Crippen LogP contribution in [0, 0.1) is 11.3 Å². The molecule has 0 aromatic carbocycles. The second kappa shape index (κ2) is 4.61. The van der Waals surface area contributed by atoms with Crippen LogP contribution in [0.25, 0.3) is 0 Å². The van der Waals surface area contributed by atoms with Crippen LogP contribution in [0.1, 0.15) is 34.1 Å². The van der Waals surface area contributed by atoms with Crippen molar-refractivity contribution in [1.29, 1.82) is 0 Å². The highest BCUT2D eigenvalue weighted by molar-refractivity contribution is 5.76. The maximum absolute atomic E-state index is 11.4. The SMILES string of the molecule is COC(=O)C(C)(C)[C@@H](N)CC(C)C. The number of nitrogens with two attached hydrogens (primary N) is 1. The predicted molar refractivity (Wildman–Crippen MR) is 53.2 cm³/mol. The monoisotopic (exact) mass is 187 g/mol. The van der Waals surface area contributed by atoms with E-state index in [4.69, 9.17) is 10.5 Å². The van der Waals surface area contributed by atoms with Gasteiger partial charge >= 0.3 is 5.97 Å². The first-order valence-electron chi connectivity index (χ1n) is 4.66. The van der Waals surface area contributed by atoms with Crippen molar-refractivity contribution in [3.05, 3.63) is 0 Å². The number of carbonyl (C=O) groups excluding carboxylic acids is 1. The lowest BCUT2D eigenvalue weighted by Crippen LogP contribution is -2.44.